The Balaban J connectivity index is 1.39. The van der Waals surface area contributed by atoms with Crippen LogP contribution >= 0.6 is 0 Å². The van der Waals surface area contributed by atoms with Crippen molar-refractivity contribution in [3.05, 3.63) is 69.3 Å². The fraction of sp³-hybridized carbons (Fsp3) is 0.429. The molecular weight excluding hydrogens is 544 g/mol. The van der Waals surface area contributed by atoms with Crippen molar-refractivity contribution in [2.75, 3.05) is 13.2 Å². The van der Waals surface area contributed by atoms with E-state index in [-0.39, 0.29) is 29.4 Å². The molecule has 1 aliphatic rings. The van der Waals surface area contributed by atoms with Gasteiger partial charge in [0.2, 0.25) is 23.2 Å². The topological polar surface area (TPSA) is 191 Å². The fourth-order valence-electron chi connectivity index (χ4n) is 4.56. The third kappa shape index (κ3) is 5.60. The first-order valence-corrected chi connectivity index (χ1v) is 12.8. The highest BCUT2D eigenvalue weighted by atomic mass is 16.7. The average Bonchev–Trinajstić information content (AvgIpc) is 3.40. The van der Waals surface area contributed by atoms with E-state index in [0.717, 1.165) is 6.07 Å². The maximum atomic E-state index is 12.4. The van der Waals surface area contributed by atoms with E-state index in [1.165, 1.54) is 39.4 Å². The van der Waals surface area contributed by atoms with Gasteiger partial charge in [0, 0.05) is 22.9 Å². The second-order valence-electron chi connectivity index (χ2n) is 10.2. The van der Waals surface area contributed by atoms with E-state index >= 15 is 0 Å². The minimum atomic E-state index is -1.65. The zero-order valence-corrected chi connectivity index (χ0v) is 22.4. The van der Waals surface area contributed by atoms with Crippen molar-refractivity contribution in [2.24, 2.45) is 0 Å². The average molecular weight is 575 g/mol. The highest BCUT2D eigenvalue weighted by Crippen LogP contribution is 2.36. The van der Waals surface area contributed by atoms with Crippen LogP contribution < -0.4 is 20.5 Å². The molecule has 1 aliphatic heterocycles. The molecule has 0 spiro atoms. The molecule has 4 aromatic rings. The molecule has 0 aliphatic carbocycles. The molecule has 13 nitrogen and oxygen atoms in total. The normalized spacial score (nSPS) is 24.0. The highest BCUT2D eigenvalue weighted by Gasteiger charge is 2.49. The van der Waals surface area contributed by atoms with Crippen LogP contribution in [-0.2, 0) is 9.47 Å². The highest BCUT2D eigenvalue weighted by molar-refractivity contribution is 5.99. The lowest BCUT2D eigenvalue weighted by molar-refractivity contribution is -0.312. The molecule has 1 aromatic carbocycles. The Labute approximate surface area is 232 Å². The molecule has 0 saturated carbocycles. The monoisotopic (exact) mass is 574 g/mol. The Morgan fingerprint density at radius 1 is 0.976 bits per heavy atom. The largest absolute Gasteiger partial charge is 0.483 e. The lowest BCUT2D eigenvalue weighted by atomic mass is 9.96. The standard InChI is InChI=1S/C28H30O13/c1-13-22(16(30)7-9-35-13)40-27-25(21(34)20(33)17(11-29)38-27)41-28(2,3)18(31)12-37-26-23-15(6-8-36-23)10-14-4-5-19(32)39-24(14)26/h4-10,17-18,20-21,25,27,29,31,33-34H,11-12H2,1-3H3/t17-,18+,20-,21+,25-,27+/m1/s1. The van der Waals surface area contributed by atoms with Crippen LogP contribution in [0, 0.1) is 6.92 Å². The summed E-state index contributed by atoms with van der Waals surface area (Å²) in [5.41, 5.74) is -2.18. The number of aliphatic hydroxyl groups excluding tert-OH is 4. The van der Waals surface area contributed by atoms with Crippen LogP contribution in [0.2, 0.25) is 0 Å². The Morgan fingerprint density at radius 3 is 2.44 bits per heavy atom. The lowest BCUT2D eigenvalue weighted by Gasteiger charge is -2.45. The third-order valence-corrected chi connectivity index (χ3v) is 6.98. The van der Waals surface area contributed by atoms with Gasteiger partial charge in [0.25, 0.3) is 0 Å². The van der Waals surface area contributed by atoms with E-state index in [2.05, 4.69) is 0 Å². The smallest absolute Gasteiger partial charge is 0.336 e. The van der Waals surface area contributed by atoms with Crippen molar-refractivity contribution >= 4 is 21.9 Å². The van der Waals surface area contributed by atoms with Gasteiger partial charge in [0.15, 0.2) is 11.2 Å². The summed E-state index contributed by atoms with van der Waals surface area (Å²) >= 11 is 0. The lowest BCUT2D eigenvalue weighted by Crippen LogP contribution is -2.63. The number of hydrogen-bond acceptors (Lipinski definition) is 13. The summed E-state index contributed by atoms with van der Waals surface area (Å²) in [4.78, 5) is 24.3. The number of hydrogen-bond donors (Lipinski definition) is 4. The molecule has 0 radical (unpaired) electrons. The van der Waals surface area contributed by atoms with Gasteiger partial charge in [-0.3, -0.25) is 4.79 Å². The molecule has 6 atom stereocenters. The molecule has 1 saturated heterocycles. The summed E-state index contributed by atoms with van der Waals surface area (Å²) in [5, 5.41) is 43.4. The minimum Gasteiger partial charge on any atom is -0.483 e. The number of rotatable bonds is 9. The minimum absolute atomic E-state index is 0.102. The summed E-state index contributed by atoms with van der Waals surface area (Å²) in [6.07, 6.45) is -6.14. The molecule has 13 heteroatoms. The number of fused-ring (bicyclic) bond motifs is 2. The van der Waals surface area contributed by atoms with Gasteiger partial charge in [-0.1, -0.05) is 0 Å². The molecule has 3 aromatic heterocycles. The van der Waals surface area contributed by atoms with Crippen molar-refractivity contribution in [1.29, 1.82) is 0 Å². The molecule has 4 heterocycles. The van der Waals surface area contributed by atoms with Crippen molar-refractivity contribution in [3.63, 3.8) is 0 Å². The zero-order chi connectivity index (χ0) is 29.5. The van der Waals surface area contributed by atoms with Crippen LogP contribution in [0.4, 0.5) is 0 Å². The predicted octanol–water partition coefficient (Wildman–Crippen LogP) is 1.22. The first-order chi connectivity index (χ1) is 19.5. The van der Waals surface area contributed by atoms with Crippen LogP contribution in [0.1, 0.15) is 19.6 Å². The number of aryl methyl sites for hydroxylation is 1. The number of furan rings is 1. The van der Waals surface area contributed by atoms with E-state index in [1.807, 2.05) is 0 Å². The quantitative estimate of drug-likeness (QED) is 0.209. The molecule has 1 fully saturated rings. The van der Waals surface area contributed by atoms with Gasteiger partial charge >= 0.3 is 5.63 Å². The summed E-state index contributed by atoms with van der Waals surface area (Å²) in [6, 6.07) is 7.45. The number of benzene rings is 1. The van der Waals surface area contributed by atoms with E-state index in [0.29, 0.717) is 16.4 Å². The predicted molar refractivity (Wildman–Crippen MR) is 141 cm³/mol. The first kappa shape index (κ1) is 28.8. The molecule has 41 heavy (non-hydrogen) atoms. The summed E-state index contributed by atoms with van der Waals surface area (Å²) in [5.74, 6) is 0.0115. The van der Waals surface area contributed by atoms with E-state index < -0.39 is 60.1 Å². The SMILES string of the molecule is Cc1occc(=O)c1O[C@@H]1O[C@H](CO)[C@@H](O)[C@H](O)[C@H]1OC(C)(C)[C@@H](O)COc1c2occc2cc2ccc(=O)oc12. The second kappa shape index (κ2) is 11.3. The Hall–Kier alpha value is -3.72. The Kier molecular flexibility index (Phi) is 7.92. The first-order valence-electron chi connectivity index (χ1n) is 12.8. The van der Waals surface area contributed by atoms with Gasteiger partial charge in [-0.05, 0) is 39.0 Å². The molecule has 5 rings (SSSR count). The van der Waals surface area contributed by atoms with Crippen molar-refractivity contribution in [1.82, 2.24) is 0 Å². The van der Waals surface area contributed by atoms with Crippen LogP contribution in [0.25, 0.3) is 21.9 Å². The zero-order valence-electron chi connectivity index (χ0n) is 22.4. The van der Waals surface area contributed by atoms with Gasteiger partial charge in [-0.2, -0.15) is 0 Å². The Bertz CT molecular complexity index is 1630. The third-order valence-electron chi connectivity index (χ3n) is 6.98. The van der Waals surface area contributed by atoms with Gasteiger partial charge in [-0.15, -0.1) is 0 Å². The number of aliphatic hydroxyl groups is 4. The van der Waals surface area contributed by atoms with Crippen LogP contribution in [0.15, 0.2) is 65.7 Å². The van der Waals surface area contributed by atoms with Gasteiger partial charge in [0.05, 0.1) is 24.7 Å². The molecule has 220 valence electrons. The Morgan fingerprint density at radius 2 is 1.71 bits per heavy atom. The maximum absolute atomic E-state index is 12.4. The van der Waals surface area contributed by atoms with Crippen molar-refractivity contribution in [2.45, 2.75) is 63.2 Å². The maximum Gasteiger partial charge on any atom is 0.336 e. The van der Waals surface area contributed by atoms with Crippen LogP contribution in [-0.4, -0.2) is 76.1 Å². The summed E-state index contributed by atoms with van der Waals surface area (Å²) in [6.45, 7) is 3.46. The summed E-state index contributed by atoms with van der Waals surface area (Å²) < 4.78 is 39.4. The molecule has 0 unspecified atom stereocenters. The van der Waals surface area contributed by atoms with Gasteiger partial charge in [-0.25, -0.2) is 4.79 Å². The van der Waals surface area contributed by atoms with Crippen molar-refractivity contribution < 1.29 is 52.6 Å². The second-order valence-corrected chi connectivity index (χ2v) is 10.2. The van der Waals surface area contributed by atoms with Gasteiger partial charge in [0.1, 0.15) is 42.9 Å². The van der Waals surface area contributed by atoms with Crippen LogP contribution in [0.5, 0.6) is 11.5 Å². The molecule has 4 N–H and O–H groups in total. The molecule has 0 bridgehead atoms. The van der Waals surface area contributed by atoms with Gasteiger partial charge < -0.3 is 52.6 Å². The number of ether oxygens (including phenoxy) is 4. The molecule has 0 amide bonds. The fourth-order valence-corrected chi connectivity index (χ4v) is 4.56. The van der Waals surface area contributed by atoms with Crippen LogP contribution in [0.3, 0.4) is 0 Å². The van der Waals surface area contributed by atoms with E-state index in [4.69, 9.17) is 32.2 Å². The van der Waals surface area contributed by atoms with Crippen molar-refractivity contribution in [3.8, 4) is 11.5 Å². The van der Waals surface area contributed by atoms with E-state index in [9.17, 15) is 30.0 Å². The molecular formula is C28H30O13. The summed E-state index contributed by atoms with van der Waals surface area (Å²) in [7, 11) is 0. The van der Waals surface area contributed by atoms with E-state index in [1.54, 1.807) is 18.2 Å².